The molecule has 2 fully saturated rings. The van der Waals surface area contributed by atoms with Gasteiger partial charge in [-0.25, -0.2) is 13.2 Å². The lowest BCUT2D eigenvalue weighted by Gasteiger charge is -2.30. The van der Waals surface area contributed by atoms with Gasteiger partial charge < -0.3 is 30.0 Å². The number of nitrogens with one attached hydrogen (secondary N) is 2. The van der Waals surface area contributed by atoms with Crippen LogP contribution < -0.4 is 10.6 Å². The summed E-state index contributed by atoms with van der Waals surface area (Å²) >= 11 is 0. The molecule has 3 N–H and O–H groups in total. The van der Waals surface area contributed by atoms with E-state index in [1.165, 1.54) is 12.1 Å². The van der Waals surface area contributed by atoms with E-state index in [-0.39, 0.29) is 30.1 Å². The van der Waals surface area contributed by atoms with E-state index in [0.29, 0.717) is 12.3 Å². The summed E-state index contributed by atoms with van der Waals surface area (Å²) in [4.78, 5) is 18.6. The predicted molar refractivity (Wildman–Crippen MR) is 143 cm³/mol. The smallest absolute Gasteiger partial charge is 0.407 e. The molecule has 2 aliphatic rings. The van der Waals surface area contributed by atoms with Crippen molar-refractivity contribution in [3.63, 3.8) is 0 Å². The average molecular weight is 564 g/mol. The van der Waals surface area contributed by atoms with Crippen molar-refractivity contribution in [1.82, 2.24) is 9.79 Å². The van der Waals surface area contributed by atoms with Gasteiger partial charge in [0.05, 0.1) is 48.8 Å². The Hall–Kier alpha value is -2.74. The quantitative estimate of drug-likeness (QED) is 0.333. The van der Waals surface area contributed by atoms with E-state index in [0.717, 1.165) is 16.5 Å². The number of carbonyl (C=O) groups is 1. The van der Waals surface area contributed by atoms with Crippen LogP contribution in [0.5, 0.6) is 0 Å². The zero-order valence-electron chi connectivity index (χ0n) is 22.4. The highest BCUT2D eigenvalue weighted by Gasteiger charge is 2.44. The van der Waals surface area contributed by atoms with Crippen LogP contribution in [0.25, 0.3) is 0 Å². The molecule has 2 aromatic carbocycles. The maximum atomic E-state index is 13.5. The first-order valence-corrected chi connectivity index (χ1v) is 14.5. The number of ether oxygens (including phenoxy) is 3. The number of rotatable bonds is 12. The van der Waals surface area contributed by atoms with Gasteiger partial charge in [0.2, 0.25) is 0 Å². The summed E-state index contributed by atoms with van der Waals surface area (Å²) in [6.45, 7) is 3.74. The molecule has 0 radical (unpaired) electrons. The van der Waals surface area contributed by atoms with Gasteiger partial charge in [-0.1, -0.05) is 40.9 Å². The van der Waals surface area contributed by atoms with Crippen LogP contribution in [0.3, 0.4) is 0 Å². The monoisotopic (exact) mass is 563 g/mol. The molecular weight excluding hydrogens is 526 g/mol. The lowest BCUT2D eigenvalue weighted by Crippen LogP contribution is -2.51. The van der Waals surface area contributed by atoms with Gasteiger partial charge in [-0.3, -0.25) is 4.84 Å². The Balaban J connectivity index is 1.52. The molecule has 11 nitrogen and oxygen atoms in total. The number of aliphatic hydroxyl groups excluding tert-OH is 1. The molecule has 1 amide bonds. The average Bonchev–Trinajstić information content (AvgIpc) is 3.53. The number of hydrogen-bond acceptors (Lipinski definition) is 9. The summed E-state index contributed by atoms with van der Waals surface area (Å²) in [5.41, 5.74) is 1.45. The maximum absolute atomic E-state index is 13.5. The lowest BCUT2D eigenvalue weighted by atomic mass is 10.0. The largest absolute Gasteiger partial charge is 0.443 e. The van der Waals surface area contributed by atoms with Crippen molar-refractivity contribution in [3.8, 4) is 0 Å². The van der Waals surface area contributed by atoms with E-state index >= 15 is 0 Å². The van der Waals surface area contributed by atoms with E-state index in [1.54, 1.807) is 33.0 Å². The molecule has 4 rings (SSSR count). The fraction of sp³-hybridized carbons (Fsp3) is 0.519. The highest BCUT2D eigenvalue weighted by Crippen LogP contribution is 2.33. The zero-order valence-corrected chi connectivity index (χ0v) is 23.2. The second kappa shape index (κ2) is 13.1. The Morgan fingerprint density at radius 3 is 2.64 bits per heavy atom. The van der Waals surface area contributed by atoms with Crippen molar-refractivity contribution in [1.29, 1.82) is 0 Å². The Labute approximate surface area is 229 Å². The molecule has 2 saturated heterocycles. The zero-order chi connectivity index (χ0) is 28.0. The van der Waals surface area contributed by atoms with Crippen LogP contribution in [-0.4, -0.2) is 81.5 Å². The van der Waals surface area contributed by atoms with Gasteiger partial charge in [0, 0.05) is 12.7 Å². The van der Waals surface area contributed by atoms with Crippen molar-refractivity contribution in [2.45, 2.75) is 62.2 Å². The molecule has 2 aliphatic heterocycles. The minimum absolute atomic E-state index is 0.00347. The van der Waals surface area contributed by atoms with E-state index in [2.05, 4.69) is 10.6 Å². The summed E-state index contributed by atoms with van der Waals surface area (Å²) in [5, 5.41) is 17.0. The third-order valence-corrected chi connectivity index (χ3v) is 8.28. The number of fused-ring (bicyclic) bond motifs is 1. The molecule has 5 atom stereocenters. The Morgan fingerprint density at radius 1 is 1.15 bits per heavy atom. The standard InChI is InChI=1S/C27H37N3O8S/c1-18(2)38-30(39(33,34)21-11-7-10-20(15-21)28-3)16-24(31)23(14-19-8-5-4-6-9-19)29-27(32)37-25-17-36-26-22(25)12-13-35-26/h4-11,15,18,22-26,28,31H,12-14,16-17H2,1-3H3,(H,29,32)/t22-,23?,24+,25?,26+/m0/s1. The Morgan fingerprint density at radius 2 is 1.92 bits per heavy atom. The normalized spacial score (nSPS) is 22.5. The summed E-state index contributed by atoms with van der Waals surface area (Å²) in [6, 6.07) is 14.7. The first-order valence-electron chi connectivity index (χ1n) is 13.1. The van der Waals surface area contributed by atoms with Crippen LogP contribution in [0.4, 0.5) is 10.5 Å². The number of hydroxylamine groups is 1. The molecule has 2 unspecified atom stereocenters. The van der Waals surface area contributed by atoms with E-state index in [4.69, 9.17) is 19.0 Å². The molecule has 0 spiro atoms. The number of sulfonamides is 1. The van der Waals surface area contributed by atoms with Gasteiger partial charge in [0.25, 0.3) is 10.0 Å². The number of alkyl carbamates (subject to hydrolysis) is 1. The molecular formula is C27H37N3O8S. The number of anilines is 1. The predicted octanol–water partition coefficient (Wildman–Crippen LogP) is 2.52. The van der Waals surface area contributed by atoms with Crippen LogP contribution in [0.15, 0.2) is 59.5 Å². The van der Waals surface area contributed by atoms with Gasteiger partial charge >= 0.3 is 6.09 Å². The first-order chi connectivity index (χ1) is 18.7. The van der Waals surface area contributed by atoms with Crippen LogP contribution in [-0.2, 0) is 35.5 Å². The minimum Gasteiger partial charge on any atom is -0.443 e. The van der Waals surface area contributed by atoms with Crippen LogP contribution in [0.1, 0.15) is 25.8 Å². The molecule has 0 aliphatic carbocycles. The van der Waals surface area contributed by atoms with Crippen molar-refractivity contribution in [2.75, 3.05) is 32.1 Å². The number of carbonyl (C=O) groups excluding carboxylic acids is 1. The number of aliphatic hydroxyl groups is 1. The molecule has 0 aromatic heterocycles. The number of amides is 1. The topological polar surface area (TPSA) is 136 Å². The highest BCUT2D eigenvalue weighted by atomic mass is 32.2. The fourth-order valence-corrected chi connectivity index (χ4v) is 6.06. The molecule has 0 saturated carbocycles. The Bertz CT molecular complexity index is 1200. The molecule has 39 heavy (non-hydrogen) atoms. The molecule has 0 bridgehead atoms. The Kier molecular flexibility index (Phi) is 9.81. The highest BCUT2D eigenvalue weighted by molar-refractivity contribution is 7.89. The number of hydrogen-bond donors (Lipinski definition) is 3. The van der Waals surface area contributed by atoms with Crippen molar-refractivity contribution in [2.24, 2.45) is 5.92 Å². The number of nitrogens with zero attached hydrogens (tertiary/aromatic N) is 1. The third kappa shape index (κ3) is 7.47. The fourth-order valence-electron chi connectivity index (χ4n) is 4.66. The van der Waals surface area contributed by atoms with E-state index in [9.17, 15) is 18.3 Å². The van der Waals surface area contributed by atoms with Gasteiger partial charge in [-0.05, 0) is 50.5 Å². The second-order valence-electron chi connectivity index (χ2n) is 9.90. The van der Waals surface area contributed by atoms with Gasteiger partial charge in [0.15, 0.2) is 6.29 Å². The number of benzene rings is 2. The van der Waals surface area contributed by atoms with Crippen LogP contribution >= 0.6 is 0 Å². The maximum Gasteiger partial charge on any atom is 0.407 e. The lowest BCUT2D eigenvalue weighted by molar-refractivity contribution is -0.136. The molecule has 2 aromatic rings. The van der Waals surface area contributed by atoms with Gasteiger partial charge in [-0.2, -0.15) is 0 Å². The summed E-state index contributed by atoms with van der Waals surface area (Å²) in [5.74, 6) is -0.0401. The second-order valence-corrected chi connectivity index (χ2v) is 11.7. The molecule has 214 valence electrons. The van der Waals surface area contributed by atoms with Gasteiger partial charge in [0.1, 0.15) is 6.10 Å². The van der Waals surface area contributed by atoms with E-state index in [1.807, 2.05) is 30.3 Å². The van der Waals surface area contributed by atoms with Crippen molar-refractivity contribution >= 4 is 21.8 Å². The molecule has 2 heterocycles. The van der Waals surface area contributed by atoms with Crippen LogP contribution in [0.2, 0.25) is 0 Å². The van der Waals surface area contributed by atoms with E-state index < -0.39 is 47.0 Å². The first kappa shape index (κ1) is 29.2. The third-order valence-electron chi connectivity index (χ3n) is 6.66. The van der Waals surface area contributed by atoms with Crippen molar-refractivity contribution < 1.29 is 37.4 Å². The van der Waals surface area contributed by atoms with Crippen molar-refractivity contribution in [3.05, 3.63) is 60.2 Å². The summed E-state index contributed by atoms with van der Waals surface area (Å²) < 4.78 is 44.5. The SMILES string of the molecule is CNc1cccc(S(=O)(=O)N(C[C@@H](O)C(Cc2ccccc2)NC(=O)OC2CO[C@H]3OCC[C@@H]23)OC(C)C)c1. The minimum atomic E-state index is -4.15. The van der Waals surface area contributed by atoms with Crippen LogP contribution in [0, 0.1) is 5.92 Å². The van der Waals surface area contributed by atoms with Gasteiger partial charge in [-0.15, -0.1) is 0 Å². The summed E-state index contributed by atoms with van der Waals surface area (Å²) in [6.07, 6.45) is -2.42. The molecule has 12 heteroatoms. The summed E-state index contributed by atoms with van der Waals surface area (Å²) in [7, 11) is -2.46.